The molecular weight excluding hydrogens is 280 g/mol. The predicted octanol–water partition coefficient (Wildman–Crippen LogP) is 3.06. The molecule has 0 amide bonds. The number of oxime groups is 1. The van der Waals surface area contributed by atoms with E-state index in [2.05, 4.69) is 15.1 Å². The Kier molecular flexibility index (Phi) is 3.82. The van der Waals surface area contributed by atoms with Crippen LogP contribution < -0.4 is 4.74 Å². The topological polar surface area (TPSA) is 72.5 Å². The minimum Gasteiger partial charge on any atom is -0.438 e. The minimum absolute atomic E-state index is 0.300. The van der Waals surface area contributed by atoms with Crippen LogP contribution in [0.3, 0.4) is 0 Å². The monoisotopic (exact) mass is 294 g/mol. The Morgan fingerprint density at radius 3 is 2.59 bits per heavy atom. The van der Waals surface area contributed by atoms with Gasteiger partial charge in [-0.3, -0.25) is 4.57 Å². The number of imidazole rings is 1. The number of aromatic nitrogens is 3. The molecule has 22 heavy (non-hydrogen) atoms. The van der Waals surface area contributed by atoms with Crippen molar-refractivity contribution < 1.29 is 9.94 Å². The van der Waals surface area contributed by atoms with Crippen LogP contribution in [0.2, 0.25) is 0 Å². The summed E-state index contributed by atoms with van der Waals surface area (Å²) in [6.45, 7) is 1.82. The molecule has 0 spiro atoms. The van der Waals surface area contributed by atoms with Gasteiger partial charge in [-0.2, -0.15) is 0 Å². The fourth-order valence-electron chi connectivity index (χ4n) is 2.08. The highest BCUT2D eigenvalue weighted by Gasteiger charge is 2.16. The van der Waals surface area contributed by atoms with Crippen molar-refractivity contribution in [1.29, 1.82) is 0 Å². The molecule has 0 aliphatic rings. The average molecular weight is 294 g/mol. The number of benzene rings is 1. The number of pyridine rings is 1. The van der Waals surface area contributed by atoms with Crippen molar-refractivity contribution >= 4 is 5.84 Å². The Morgan fingerprint density at radius 1 is 1.09 bits per heavy atom. The summed E-state index contributed by atoms with van der Waals surface area (Å²) in [7, 11) is 0. The second kappa shape index (κ2) is 6.09. The van der Waals surface area contributed by atoms with Crippen molar-refractivity contribution in [1.82, 2.24) is 14.5 Å². The second-order valence-electron chi connectivity index (χ2n) is 4.54. The summed E-state index contributed by atoms with van der Waals surface area (Å²) in [5.74, 6) is 2.01. The van der Waals surface area contributed by atoms with Crippen molar-refractivity contribution in [2.45, 2.75) is 6.92 Å². The third kappa shape index (κ3) is 2.67. The molecule has 0 saturated heterocycles. The predicted molar refractivity (Wildman–Crippen MR) is 81.4 cm³/mol. The highest BCUT2D eigenvalue weighted by atomic mass is 16.5. The normalized spacial score (nSPS) is 11.4. The molecule has 0 unspecified atom stereocenters. The Morgan fingerprint density at radius 2 is 1.91 bits per heavy atom. The lowest BCUT2D eigenvalue weighted by Crippen LogP contribution is -2.15. The number of para-hydroxylation sites is 1. The molecule has 0 bridgehead atoms. The van der Waals surface area contributed by atoms with Crippen LogP contribution >= 0.6 is 0 Å². The van der Waals surface area contributed by atoms with E-state index in [0.29, 0.717) is 28.9 Å². The van der Waals surface area contributed by atoms with Crippen LogP contribution in [0.4, 0.5) is 0 Å². The third-order valence-electron chi connectivity index (χ3n) is 3.12. The summed E-state index contributed by atoms with van der Waals surface area (Å²) in [6.07, 6.45) is 4.97. The first-order valence-electron chi connectivity index (χ1n) is 6.70. The van der Waals surface area contributed by atoms with E-state index < -0.39 is 0 Å². The molecule has 2 aromatic heterocycles. The SMILES string of the molecule is Cc1nccn1/C(=N\O)c1cccnc1Oc1ccccc1. The molecule has 1 aromatic carbocycles. The van der Waals surface area contributed by atoms with Crippen molar-refractivity contribution in [3.05, 3.63) is 72.4 Å². The van der Waals surface area contributed by atoms with E-state index in [1.165, 1.54) is 0 Å². The van der Waals surface area contributed by atoms with E-state index >= 15 is 0 Å². The van der Waals surface area contributed by atoms with Crippen LogP contribution in [0.5, 0.6) is 11.6 Å². The van der Waals surface area contributed by atoms with Gasteiger partial charge in [0, 0.05) is 18.6 Å². The number of hydrogen-bond acceptors (Lipinski definition) is 5. The molecule has 110 valence electrons. The lowest BCUT2D eigenvalue weighted by molar-refractivity contribution is 0.316. The maximum absolute atomic E-state index is 9.42. The molecule has 0 atom stereocenters. The molecular formula is C16H14N4O2. The Hall–Kier alpha value is -3.15. The van der Waals surface area contributed by atoms with Crippen LogP contribution in [0, 0.1) is 6.92 Å². The van der Waals surface area contributed by atoms with Crippen molar-refractivity contribution in [3.8, 4) is 11.6 Å². The molecule has 0 aliphatic heterocycles. The third-order valence-corrected chi connectivity index (χ3v) is 3.12. The zero-order chi connectivity index (χ0) is 15.4. The molecule has 6 nitrogen and oxygen atoms in total. The highest BCUT2D eigenvalue weighted by Crippen LogP contribution is 2.23. The standard InChI is InChI=1S/C16H14N4O2/c1-12-17-10-11-20(12)15(19-21)14-8-5-9-18-16(14)22-13-6-3-2-4-7-13/h2-11,21H,1H3/b19-15-. The number of nitrogens with zero attached hydrogens (tertiary/aromatic N) is 4. The van der Waals surface area contributed by atoms with E-state index in [9.17, 15) is 5.21 Å². The van der Waals surface area contributed by atoms with Gasteiger partial charge >= 0.3 is 0 Å². The van der Waals surface area contributed by atoms with E-state index in [1.807, 2.05) is 37.3 Å². The van der Waals surface area contributed by atoms with Gasteiger partial charge in [-0.25, -0.2) is 9.97 Å². The summed E-state index contributed by atoms with van der Waals surface area (Å²) in [5.41, 5.74) is 0.565. The van der Waals surface area contributed by atoms with E-state index in [1.54, 1.807) is 35.3 Å². The van der Waals surface area contributed by atoms with E-state index in [-0.39, 0.29) is 0 Å². The van der Waals surface area contributed by atoms with Gasteiger partial charge in [0.15, 0.2) is 5.84 Å². The summed E-state index contributed by atoms with van der Waals surface area (Å²) in [6, 6.07) is 12.8. The van der Waals surface area contributed by atoms with Crippen molar-refractivity contribution in [2.24, 2.45) is 5.16 Å². The quantitative estimate of drug-likeness (QED) is 0.349. The maximum Gasteiger partial charge on any atom is 0.230 e. The van der Waals surface area contributed by atoms with Crippen LogP contribution in [-0.4, -0.2) is 25.6 Å². The minimum atomic E-state index is 0.300. The van der Waals surface area contributed by atoms with E-state index in [4.69, 9.17) is 4.74 Å². The molecule has 0 aliphatic carbocycles. The molecule has 0 fully saturated rings. The Bertz CT molecular complexity index is 797. The van der Waals surface area contributed by atoms with Crippen LogP contribution in [0.25, 0.3) is 0 Å². The van der Waals surface area contributed by atoms with Crippen LogP contribution in [-0.2, 0) is 0 Å². The summed E-state index contributed by atoms with van der Waals surface area (Å²) in [5, 5.41) is 12.8. The Balaban J connectivity index is 2.02. The number of aryl methyl sites for hydroxylation is 1. The zero-order valence-corrected chi connectivity index (χ0v) is 11.9. The van der Waals surface area contributed by atoms with Crippen LogP contribution in [0.1, 0.15) is 11.4 Å². The summed E-state index contributed by atoms with van der Waals surface area (Å²) < 4.78 is 7.45. The average Bonchev–Trinajstić information content (AvgIpc) is 2.97. The van der Waals surface area contributed by atoms with Gasteiger partial charge in [-0.1, -0.05) is 23.4 Å². The maximum atomic E-state index is 9.42. The van der Waals surface area contributed by atoms with Gasteiger partial charge < -0.3 is 9.94 Å². The summed E-state index contributed by atoms with van der Waals surface area (Å²) in [4.78, 5) is 8.37. The van der Waals surface area contributed by atoms with Crippen LogP contribution in [0.15, 0.2) is 66.2 Å². The molecule has 6 heteroatoms. The first-order valence-corrected chi connectivity index (χ1v) is 6.70. The zero-order valence-electron chi connectivity index (χ0n) is 11.9. The molecule has 0 saturated carbocycles. The first kappa shape index (κ1) is 13.8. The van der Waals surface area contributed by atoms with Gasteiger partial charge in [0.2, 0.25) is 5.88 Å². The van der Waals surface area contributed by atoms with Gasteiger partial charge in [0.25, 0.3) is 0 Å². The van der Waals surface area contributed by atoms with E-state index in [0.717, 1.165) is 0 Å². The van der Waals surface area contributed by atoms with Gasteiger partial charge in [-0.05, 0) is 31.2 Å². The lowest BCUT2D eigenvalue weighted by Gasteiger charge is -2.12. The molecule has 2 heterocycles. The van der Waals surface area contributed by atoms with Gasteiger partial charge in [0.1, 0.15) is 11.6 Å². The van der Waals surface area contributed by atoms with Gasteiger partial charge in [-0.15, -0.1) is 0 Å². The van der Waals surface area contributed by atoms with Crippen molar-refractivity contribution in [3.63, 3.8) is 0 Å². The summed E-state index contributed by atoms with van der Waals surface area (Å²) >= 11 is 0. The molecule has 3 rings (SSSR count). The number of hydrogen-bond donors (Lipinski definition) is 1. The largest absolute Gasteiger partial charge is 0.438 e. The number of ether oxygens (including phenoxy) is 1. The molecule has 3 aromatic rings. The van der Waals surface area contributed by atoms with Gasteiger partial charge in [0.05, 0.1) is 5.56 Å². The lowest BCUT2D eigenvalue weighted by atomic mass is 10.2. The first-order chi connectivity index (χ1) is 10.8. The number of rotatable bonds is 3. The molecule has 0 radical (unpaired) electrons. The molecule has 1 N–H and O–H groups in total. The highest BCUT2D eigenvalue weighted by molar-refractivity contribution is 6.02. The fraction of sp³-hybridized carbons (Fsp3) is 0.0625. The smallest absolute Gasteiger partial charge is 0.230 e. The van der Waals surface area contributed by atoms with Crippen molar-refractivity contribution in [2.75, 3.05) is 0 Å². The second-order valence-corrected chi connectivity index (χ2v) is 4.54. The fourth-order valence-corrected chi connectivity index (χ4v) is 2.08. The Labute approximate surface area is 127 Å².